The smallest absolute Gasteiger partial charge is 0.230 e. The summed E-state index contributed by atoms with van der Waals surface area (Å²) in [6.07, 6.45) is 5.38. The number of nitrogens with zero attached hydrogens (tertiary/aromatic N) is 3. The Bertz CT molecular complexity index is 691. The van der Waals surface area contributed by atoms with Gasteiger partial charge >= 0.3 is 0 Å². The summed E-state index contributed by atoms with van der Waals surface area (Å²) in [6.45, 7) is 5.51. The van der Waals surface area contributed by atoms with E-state index in [-0.39, 0.29) is 5.91 Å². The molecule has 1 aromatic carbocycles. The summed E-state index contributed by atoms with van der Waals surface area (Å²) in [7, 11) is 0. The second kappa shape index (κ2) is 7.16. The van der Waals surface area contributed by atoms with Crippen LogP contribution in [0.5, 0.6) is 0 Å². The largest absolute Gasteiger partial charge is 0.355 e. The van der Waals surface area contributed by atoms with Gasteiger partial charge < -0.3 is 9.88 Å². The third-order valence-electron chi connectivity index (χ3n) is 4.88. The number of aryl methyl sites for hydroxylation is 1. The summed E-state index contributed by atoms with van der Waals surface area (Å²) in [4.78, 5) is 12.6. The lowest BCUT2D eigenvalue weighted by molar-refractivity contribution is -0.125. The minimum atomic E-state index is -0.539. The lowest BCUT2D eigenvalue weighted by Crippen LogP contribution is -2.41. The van der Waals surface area contributed by atoms with Gasteiger partial charge in [0.1, 0.15) is 11.6 Å². The number of fused-ring (bicyclic) bond motifs is 1. The molecular formula is C19H26N4O. The van der Waals surface area contributed by atoms with Crippen molar-refractivity contribution >= 4 is 5.91 Å². The van der Waals surface area contributed by atoms with Crippen LogP contribution >= 0.6 is 0 Å². The van der Waals surface area contributed by atoms with E-state index in [1.807, 2.05) is 44.2 Å². The van der Waals surface area contributed by atoms with Crippen molar-refractivity contribution in [3.05, 3.63) is 47.5 Å². The van der Waals surface area contributed by atoms with Crippen LogP contribution in [-0.2, 0) is 29.6 Å². The molecule has 1 aliphatic rings. The molecule has 5 heteroatoms. The number of rotatable bonds is 5. The van der Waals surface area contributed by atoms with Gasteiger partial charge in [-0.25, -0.2) is 0 Å². The molecule has 1 aromatic heterocycles. The van der Waals surface area contributed by atoms with E-state index in [0.29, 0.717) is 6.54 Å². The lowest BCUT2D eigenvalue weighted by atomic mass is 9.84. The summed E-state index contributed by atoms with van der Waals surface area (Å²) in [5.74, 6) is 2.13. The third kappa shape index (κ3) is 3.50. The summed E-state index contributed by atoms with van der Waals surface area (Å²) in [5, 5.41) is 11.7. The highest BCUT2D eigenvalue weighted by molar-refractivity contribution is 5.87. The van der Waals surface area contributed by atoms with E-state index >= 15 is 0 Å². The van der Waals surface area contributed by atoms with Crippen molar-refractivity contribution in [2.75, 3.05) is 6.54 Å². The SMILES string of the molecule is CC(C)(C(=O)NCCc1nnc2n1CCCCC2)c1ccccc1. The number of benzene rings is 1. The molecule has 0 atom stereocenters. The predicted molar refractivity (Wildman–Crippen MR) is 93.8 cm³/mol. The van der Waals surface area contributed by atoms with Crippen molar-refractivity contribution in [1.29, 1.82) is 0 Å². The van der Waals surface area contributed by atoms with Crippen molar-refractivity contribution in [2.24, 2.45) is 0 Å². The first kappa shape index (κ1) is 16.7. The van der Waals surface area contributed by atoms with Crippen molar-refractivity contribution in [2.45, 2.75) is 57.9 Å². The van der Waals surface area contributed by atoms with E-state index in [1.54, 1.807) is 0 Å². The number of hydrogen-bond acceptors (Lipinski definition) is 3. The fourth-order valence-electron chi connectivity index (χ4n) is 3.22. The van der Waals surface area contributed by atoms with Crippen LogP contribution in [0.4, 0.5) is 0 Å². The molecule has 1 aliphatic heterocycles. The van der Waals surface area contributed by atoms with Gasteiger partial charge in [-0.05, 0) is 32.3 Å². The minimum absolute atomic E-state index is 0.0457. The molecule has 0 spiro atoms. The highest BCUT2D eigenvalue weighted by Crippen LogP contribution is 2.23. The molecule has 1 N–H and O–H groups in total. The minimum Gasteiger partial charge on any atom is -0.355 e. The average Bonchev–Trinajstić information content (AvgIpc) is 2.82. The zero-order valence-corrected chi connectivity index (χ0v) is 14.6. The Morgan fingerprint density at radius 2 is 1.96 bits per heavy atom. The molecule has 5 nitrogen and oxygen atoms in total. The fraction of sp³-hybridized carbons (Fsp3) is 0.526. The van der Waals surface area contributed by atoms with Crippen molar-refractivity contribution in [3.63, 3.8) is 0 Å². The molecule has 3 rings (SSSR count). The molecule has 1 amide bonds. The predicted octanol–water partition coefficient (Wildman–Crippen LogP) is 2.64. The van der Waals surface area contributed by atoms with Gasteiger partial charge in [-0.2, -0.15) is 0 Å². The molecule has 0 bridgehead atoms. The standard InChI is InChI=1S/C19H26N4O/c1-19(2,15-9-5-3-6-10-15)18(24)20-13-12-17-22-21-16-11-7-4-8-14-23(16)17/h3,5-6,9-10H,4,7-8,11-14H2,1-2H3,(H,20,24). The van der Waals surface area contributed by atoms with Gasteiger partial charge in [-0.1, -0.05) is 36.8 Å². The number of carbonyl (C=O) groups is 1. The Morgan fingerprint density at radius 1 is 1.17 bits per heavy atom. The van der Waals surface area contributed by atoms with Gasteiger partial charge in [0.15, 0.2) is 0 Å². The summed E-state index contributed by atoms with van der Waals surface area (Å²) < 4.78 is 2.24. The van der Waals surface area contributed by atoms with Crippen LogP contribution < -0.4 is 5.32 Å². The van der Waals surface area contributed by atoms with Gasteiger partial charge in [-0.15, -0.1) is 10.2 Å². The Labute approximate surface area is 143 Å². The fourth-order valence-corrected chi connectivity index (χ4v) is 3.22. The Morgan fingerprint density at radius 3 is 2.75 bits per heavy atom. The van der Waals surface area contributed by atoms with Crippen LogP contribution in [-0.4, -0.2) is 27.2 Å². The van der Waals surface area contributed by atoms with Crippen LogP contribution in [0, 0.1) is 0 Å². The maximum Gasteiger partial charge on any atom is 0.230 e. The zero-order valence-electron chi connectivity index (χ0n) is 14.6. The van der Waals surface area contributed by atoms with Crippen LogP contribution in [0.3, 0.4) is 0 Å². The second-order valence-electron chi connectivity index (χ2n) is 6.99. The second-order valence-corrected chi connectivity index (χ2v) is 6.99. The normalized spacial score (nSPS) is 14.8. The summed E-state index contributed by atoms with van der Waals surface area (Å²) in [6, 6.07) is 9.90. The first-order valence-electron chi connectivity index (χ1n) is 8.84. The van der Waals surface area contributed by atoms with Gasteiger partial charge in [0.2, 0.25) is 5.91 Å². The van der Waals surface area contributed by atoms with Crippen LogP contribution in [0.25, 0.3) is 0 Å². The highest BCUT2D eigenvalue weighted by Gasteiger charge is 2.29. The zero-order chi connectivity index (χ0) is 17.0. The first-order valence-corrected chi connectivity index (χ1v) is 8.84. The molecule has 0 unspecified atom stereocenters. The molecule has 0 saturated heterocycles. The third-order valence-corrected chi connectivity index (χ3v) is 4.88. The Balaban J connectivity index is 1.59. The molecule has 0 aliphatic carbocycles. The van der Waals surface area contributed by atoms with Crippen molar-refractivity contribution in [3.8, 4) is 0 Å². The Kier molecular flexibility index (Phi) is 4.97. The highest BCUT2D eigenvalue weighted by atomic mass is 16.2. The molecule has 0 fully saturated rings. The van der Waals surface area contributed by atoms with Gasteiger partial charge in [0.25, 0.3) is 0 Å². The average molecular weight is 326 g/mol. The summed E-state index contributed by atoms with van der Waals surface area (Å²) >= 11 is 0. The molecule has 0 saturated carbocycles. The van der Waals surface area contributed by atoms with E-state index in [2.05, 4.69) is 20.1 Å². The molecular weight excluding hydrogens is 300 g/mol. The van der Waals surface area contributed by atoms with Crippen LogP contribution in [0.2, 0.25) is 0 Å². The maximum atomic E-state index is 12.6. The maximum absolute atomic E-state index is 12.6. The van der Waals surface area contributed by atoms with E-state index in [1.165, 1.54) is 19.3 Å². The Hall–Kier alpha value is -2.17. The molecule has 24 heavy (non-hydrogen) atoms. The monoisotopic (exact) mass is 326 g/mol. The quantitative estimate of drug-likeness (QED) is 0.919. The molecule has 0 radical (unpaired) electrons. The van der Waals surface area contributed by atoms with E-state index in [0.717, 1.165) is 36.6 Å². The van der Waals surface area contributed by atoms with Crippen LogP contribution in [0.15, 0.2) is 30.3 Å². The number of amides is 1. The van der Waals surface area contributed by atoms with E-state index in [9.17, 15) is 4.79 Å². The molecule has 2 heterocycles. The van der Waals surface area contributed by atoms with Gasteiger partial charge in [0, 0.05) is 25.9 Å². The van der Waals surface area contributed by atoms with E-state index in [4.69, 9.17) is 0 Å². The number of carbonyl (C=O) groups excluding carboxylic acids is 1. The van der Waals surface area contributed by atoms with Gasteiger partial charge in [-0.3, -0.25) is 4.79 Å². The van der Waals surface area contributed by atoms with Crippen LogP contribution in [0.1, 0.15) is 50.3 Å². The lowest BCUT2D eigenvalue weighted by Gasteiger charge is -2.24. The molecule has 128 valence electrons. The van der Waals surface area contributed by atoms with E-state index < -0.39 is 5.41 Å². The number of hydrogen-bond donors (Lipinski definition) is 1. The van der Waals surface area contributed by atoms with Crippen molar-refractivity contribution < 1.29 is 4.79 Å². The number of nitrogens with one attached hydrogen (secondary N) is 1. The van der Waals surface area contributed by atoms with Crippen molar-refractivity contribution in [1.82, 2.24) is 20.1 Å². The topological polar surface area (TPSA) is 59.8 Å². The van der Waals surface area contributed by atoms with Gasteiger partial charge in [0.05, 0.1) is 5.41 Å². The molecule has 2 aromatic rings. The first-order chi connectivity index (χ1) is 11.6. The summed E-state index contributed by atoms with van der Waals surface area (Å²) in [5.41, 5.74) is 0.488. The number of aromatic nitrogens is 3.